The van der Waals surface area contributed by atoms with E-state index in [1.807, 2.05) is 17.7 Å². The Bertz CT molecular complexity index is 620. The second-order valence-corrected chi connectivity index (χ2v) is 5.66. The van der Waals surface area contributed by atoms with E-state index in [0.29, 0.717) is 6.54 Å². The van der Waals surface area contributed by atoms with Gasteiger partial charge in [0.05, 0.1) is 5.69 Å². The summed E-state index contributed by atoms with van der Waals surface area (Å²) in [4.78, 5) is 4.35. The van der Waals surface area contributed by atoms with Crippen LogP contribution < -0.4 is 0 Å². The first-order chi connectivity index (χ1) is 9.56. The lowest BCUT2D eigenvalue weighted by Gasteiger charge is -2.02. The van der Waals surface area contributed by atoms with E-state index in [0.717, 1.165) is 28.7 Å². The number of aliphatic imine (C=N–C) groups is 1. The average Bonchev–Trinajstić information content (AvgIpc) is 2.71. The summed E-state index contributed by atoms with van der Waals surface area (Å²) in [7, 11) is 0. The van der Waals surface area contributed by atoms with Crippen LogP contribution >= 0.6 is 15.9 Å². The maximum absolute atomic E-state index is 9.68. The summed E-state index contributed by atoms with van der Waals surface area (Å²) >= 11 is 3.38. The lowest BCUT2D eigenvalue weighted by atomic mass is 10.2. The first-order valence-corrected chi connectivity index (χ1v) is 7.35. The van der Waals surface area contributed by atoms with Gasteiger partial charge < -0.3 is 5.11 Å². The van der Waals surface area contributed by atoms with Gasteiger partial charge in [0.2, 0.25) is 0 Å². The molecule has 1 aromatic carbocycles. The Hall–Kier alpha value is -1.62. The van der Waals surface area contributed by atoms with Crippen LogP contribution in [0.2, 0.25) is 0 Å². The van der Waals surface area contributed by atoms with Crippen molar-refractivity contribution in [2.75, 3.05) is 6.54 Å². The molecule has 1 aromatic heterocycles. The van der Waals surface area contributed by atoms with Crippen LogP contribution in [0, 0.1) is 13.8 Å². The Balaban J connectivity index is 1.85. The van der Waals surface area contributed by atoms with Gasteiger partial charge in [0.1, 0.15) is 5.75 Å². The molecule has 0 fully saturated rings. The van der Waals surface area contributed by atoms with Crippen molar-refractivity contribution in [1.82, 2.24) is 9.78 Å². The standard InChI is InChI=1S/C15H18BrN3O/c1-11-8-12(2)19(18-11)7-3-6-17-10-13-9-14(16)4-5-15(13)20/h4-5,8-10,20H,3,6-7H2,1-2H3. The first kappa shape index (κ1) is 14.8. The van der Waals surface area contributed by atoms with Crippen molar-refractivity contribution in [2.45, 2.75) is 26.8 Å². The highest BCUT2D eigenvalue weighted by atomic mass is 79.9. The van der Waals surface area contributed by atoms with E-state index >= 15 is 0 Å². The van der Waals surface area contributed by atoms with Gasteiger partial charge in [0, 0.05) is 35.0 Å². The summed E-state index contributed by atoms with van der Waals surface area (Å²) in [5, 5.41) is 14.1. The van der Waals surface area contributed by atoms with Crippen LogP contribution in [0.4, 0.5) is 0 Å². The molecule has 0 aliphatic rings. The van der Waals surface area contributed by atoms with E-state index in [1.54, 1.807) is 18.3 Å². The number of phenolic OH excluding ortho intramolecular Hbond substituents is 1. The average molecular weight is 336 g/mol. The molecule has 106 valence electrons. The molecule has 0 saturated carbocycles. The van der Waals surface area contributed by atoms with Crippen LogP contribution in [0.15, 0.2) is 33.7 Å². The third kappa shape index (κ3) is 3.93. The molecule has 0 saturated heterocycles. The van der Waals surface area contributed by atoms with Gasteiger partial charge in [-0.1, -0.05) is 15.9 Å². The molecular weight excluding hydrogens is 318 g/mol. The number of phenols is 1. The topological polar surface area (TPSA) is 50.4 Å². The van der Waals surface area contributed by atoms with Gasteiger partial charge in [-0.3, -0.25) is 9.67 Å². The van der Waals surface area contributed by atoms with Gasteiger partial charge in [-0.05, 0) is 44.5 Å². The highest BCUT2D eigenvalue weighted by molar-refractivity contribution is 9.10. The molecule has 0 bridgehead atoms. The van der Waals surface area contributed by atoms with Crippen LogP contribution in [-0.4, -0.2) is 27.6 Å². The monoisotopic (exact) mass is 335 g/mol. The van der Waals surface area contributed by atoms with Gasteiger partial charge in [0.15, 0.2) is 0 Å². The second-order valence-electron chi connectivity index (χ2n) is 4.74. The highest BCUT2D eigenvalue weighted by Crippen LogP contribution is 2.20. The number of rotatable bonds is 5. The maximum atomic E-state index is 9.68. The number of aryl methyl sites for hydroxylation is 3. The summed E-state index contributed by atoms with van der Waals surface area (Å²) in [5.74, 6) is 0.246. The Morgan fingerprint density at radius 3 is 2.85 bits per heavy atom. The molecule has 0 radical (unpaired) electrons. The first-order valence-electron chi connectivity index (χ1n) is 6.55. The summed E-state index contributed by atoms with van der Waals surface area (Å²) in [6, 6.07) is 7.37. The Labute approximate surface area is 127 Å². The summed E-state index contributed by atoms with van der Waals surface area (Å²) < 4.78 is 2.93. The SMILES string of the molecule is Cc1cc(C)n(CCCN=Cc2cc(Br)ccc2O)n1. The summed E-state index contributed by atoms with van der Waals surface area (Å²) in [5.41, 5.74) is 2.95. The molecule has 0 aliphatic carbocycles. The molecule has 0 spiro atoms. The van der Waals surface area contributed by atoms with Crippen LogP contribution in [0.5, 0.6) is 5.75 Å². The molecular formula is C15H18BrN3O. The molecule has 4 nitrogen and oxygen atoms in total. The van der Waals surface area contributed by atoms with E-state index in [4.69, 9.17) is 0 Å². The predicted molar refractivity (Wildman–Crippen MR) is 84.6 cm³/mol. The number of halogens is 1. The zero-order valence-corrected chi connectivity index (χ0v) is 13.3. The highest BCUT2D eigenvalue weighted by Gasteiger charge is 2.00. The van der Waals surface area contributed by atoms with Gasteiger partial charge in [-0.15, -0.1) is 0 Å². The maximum Gasteiger partial charge on any atom is 0.124 e. The number of hydrogen-bond acceptors (Lipinski definition) is 3. The normalized spacial score (nSPS) is 11.3. The minimum atomic E-state index is 0.246. The van der Waals surface area contributed by atoms with Crippen molar-refractivity contribution in [2.24, 2.45) is 4.99 Å². The Morgan fingerprint density at radius 1 is 1.35 bits per heavy atom. The van der Waals surface area contributed by atoms with E-state index in [2.05, 4.69) is 39.0 Å². The third-order valence-corrected chi connectivity index (χ3v) is 3.47. The van der Waals surface area contributed by atoms with Crippen molar-refractivity contribution in [3.63, 3.8) is 0 Å². The summed E-state index contributed by atoms with van der Waals surface area (Å²) in [6.07, 6.45) is 2.63. The van der Waals surface area contributed by atoms with Gasteiger partial charge in [-0.2, -0.15) is 5.10 Å². The zero-order chi connectivity index (χ0) is 14.5. The van der Waals surface area contributed by atoms with Crippen molar-refractivity contribution in [3.05, 3.63) is 45.7 Å². The molecule has 0 atom stereocenters. The lowest BCUT2D eigenvalue weighted by Crippen LogP contribution is -2.03. The Kier molecular flexibility index (Phi) is 4.95. The van der Waals surface area contributed by atoms with Crippen LogP contribution in [0.1, 0.15) is 23.4 Å². The number of benzene rings is 1. The molecule has 0 amide bonds. The molecule has 2 rings (SSSR count). The molecule has 1 heterocycles. The van der Waals surface area contributed by atoms with Gasteiger partial charge in [-0.25, -0.2) is 0 Å². The fraction of sp³-hybridized carbons (Fsp3) is 0.333. The van der Waals surface area contributed by atoms with E-state index in [1.165, 1.54) is 5.69 Å². The quantitative estimate of drug-likeness (QED) is 0.671. The molecule has 2 aromatic rings. The zero-order valence-electron chi connectivity index (χ0n) is 11.7. The van der Waals surface area contributed by atoms with Crippen molar-refractivity contribution < 1.29 is 5.11 Å². The largest absolute Gasteiger partial charge is 0.507 e. The lowest BCUT2D eigenvalue weighted by molar-refractivity contribution is 0.474. The number of nitrogens with zero attached hydrogens (tertiary/aromatic N) is 3. The van der Waals surface area contributed by atoms with Crippen LogP contribution in [-0.2, 0) is 6.54 Å². The van der Waals surface area contributed by atoms with E-state index < -0.39 is 0 Å². The predicted octanol–water partition coefficient (Wildman–Crippen LogP) is 3.48. The van der Waals surface area contributed by atoms with Crippen molar-refractivity contribution in [1.29, 1.82) is 0 Å². The fourth-order valence-electron chi connectivity index (χ4n) is 2.00. The summed E-state index contributed by atoms with van der Waals surface area (Å²) in [6.45, 7) is 5.63. The van der Waals surface area contributed by atoms with Crippen molar-refractivity contribution in [3.8, 4) is 5.75 Å². The molecule has 0 unspecified atom stereocenters. The minimum absolute atomic E-state index is 0.246. The Morgan fingerprint density at radius 2 is 2.15 bits per heavy atom. The number of aromatic nitrogens is 2. The number of aromatic hydroxyl groups is 1. The van der Waals surface area contributed by atoms with Crippen LogP contribution in [0.3, 0.4) is 0 Å². The van der Waals surface area contributed by atoms with Gasteiger partial charge >= 0.3 is 0 Å². The molecule has 1 N–H and O–H groups in total. The van der Waals surface area contributed by atoms with Crippen molar-refractivity contribution >= 4 is 22.1 Å². The van der Waals surface area contributed by atoms with Gasteiger partial charge in [0.25, 0.3) is 0 Å². The number of hydrogen-bond donors (Lipinski definition) is 1. The third-order valence-electron chi connectivity index (χ3n) is 2.98. The minimum Gasteiger partial charge on any atom is -0.507 e. The second kappa shape index (κ2) is 6.70. The molecule has 5 heteroatoms. The van der Waals surface area contributed by atoms with Crippen LogP contribution in [0.25, 0.3) is 0 Å². The smallest absolute Gasteiger partial charge is 0.124 e. The van der Waals surface area contributed by atoms with E-state index in [-0.39, 0.29) is 5.75 Å². The van der Waals surface area contributed by atoms with E-state index in [9.17, 15) is 5.11 Å². The molecule has 20 heavy (non-hydrogen) atoms. The molecule has 0 aliphatic heterocycles. The fourth-order valence-corrected chi connectivity index (χ4v) is 2.38.